The molecule has 260 valence electrons. The molecule has 0 radical (unpaired) electrons. The molecule has 1 aliphatic carbocycles. The van der Waals surface area contributed by atoms with Crippen LogP contribution < -0.4 is 15.1 Å². The van der Waals surface area contributed by atoms with Crippen LogP contribution in [0.4, 0.5) is 10.6 Å². The van der Waals surface area contributed by atoms with Crippen LogP contribution in [0.25, 0.3) is 11.3 Å². The van der Waals surface area contributed by atoms with E-state index in [0.29, 0.717) is 44.2 Å². The Labute approximate surface area is 290 Å². The van der Waals surface area contributed by atoms with Crippen LogP contribution in [0, 0.1) is 6.92 Å². The molecule has 7 rings (SSSR count). The van der Waals surface area contributed by atoms with Gasteiger partial charge in [0.15, 0.2) is 17.3 Å². The Morgan fingerprint density at radius 3 is 2.52 bits per heavy atom. The van der Waals surface area contributed by atoms with Gasteiger partial charge in [0.2, 0.25) is 0 Å². The lowest BCUT2D eigenvalue weighted by atomic mass is 9.85. The maximum atomic E-state index is 14.0. The summed E-state index contributed by atoms with van der Waals surface area (Å²) in [7, 11) is 0. The Balaban J connectivity index is 1.12. The topological polar surface area (TPSA) is 128 Å². The van der Waals surface area contributed by atoms with Gasteiger partial charge in [0, 0.05) is 24.6 Å². The lowest BCUT2D eigenvalue weighted by Gasteiger charge is -2.33. The van der Waals surface area contributed by atoms with E-state index >= 15 is 0 Å². The standard InChI is InChI=1S/C37H42N8O5/c1-25-9-11-26(12-10-25)44-35(21-32(41-44)37(2,3)4)45(49-24-46)36(47)38-30-14-15-31(29-8-6-5-7-28(29)30)50-27-13-16-33-39-40-34(43(33)22-27)23-42-17-19-48-20-18-42/h5-13,16,21-22,24,30-31H,14-15,17-20,23H2,1-4H3,(H,38,47)/t30-,31+/m0/s1. The Bertz CT molecular complexity index is 1980. The predicted molar refractivity (Wildman–Crippen MR) is 186 cm³/mol. The number of aryl methyl sites for hydroxylation is 1. The number of urea groups is 1. The fraction of sp³-hybridized carbons (Fsp3) is 0.378. The first-order valence-corrected chi connectivity index (χ1v) is 17.0. The molecule has 4 heterocycles. The first-order valence-electron chi connectivity index (χ1n) is 17.0. The van der Waals surface area contributed by atoms with E-state index in [1.54, 1.807) is 10.7 Å². The minimum atomic E-state index is -0.587. The summed E-state index contributed by atoms with van der Waals surface area (Å²) >= 11 is 0. The van der Waals surface area contributed by atoms with Crippen molar-refractivity contribution in [3.8, 4) is 11.4 Å². The fourth-order valence-electron chi connectivity index (χ4n) is 6.46. The highest BCUT2D eigenvalue weighted by atomic mass is 16.7. The van der Waals surface area contributed by atoms with Crippen molar-refractivity contribution in [1.29, 1.82) is 0 Å². The van der Waals surface area contributed by atoms with Gasteiger partial charge in [0.05, 0.1) is 43.4 Å². The van der Waals surface area contributed by atoms with Gasteiger partial charge in [-0.15, -0.1) is 15.3 Å². The number of ether oxygens (including phenoxy) is 2. The van der Waals surface area contributed by atoms with Gasteiger partial charge in [-0.05, 0) is 55.2 Å². The van der Waals surface area contributed by atoms with Gasteiger partial charge in [-0.2, -0.15) is 5.10 Å². The molecule has 2 aromatic carbocycles. The minimum Gasteiger partial charge on any atom is -0.484 e. The molecule has 13 heteroatoms. The van der Waals surface area contributed by atoms with Crippen molar-refractivity contribution in [3.63, 3.8) is 0 Å². The summed E-state index contributed by atoms with van der Waals surface area (Å²) in [5.74, 6) is 1.86. The molecule has 0 spiro atoms. The molecule has 5 aromatic rings. The van der Waals surface area contributed by atoms with Crippen LogP contribution in [0.2, 0.25) is 0 Å². The number of benzene rings is 2. The fourth-order valence-corrected chi connectivity index (χ4v) is 6.46. The number of carbonyl (C=O) groups is 2. The summed E-state index contributed by atoms with van der Waals surface area (Å²) in [6.45, 7) is 12.2. The number of anilines is 1. The zero-order valence-electron chi connectivity index (χ0n) is 28.8. The molecule has 1 saturated heterocycles. The largest absolute Gasteiger partial charge is 0.484 e. The molecular formula is C37H42N8O5. The highest BCUT2D eigenvalue weighted by molar-refractivity contribution is 5.90. The lowest BCUT2D eigenvalue weighted by Crippen LogP contribution is -2.43. The van der Waals surface area contributed by atoms with Crippen molar-refractivity contribution in [2.24, 2.45) is 0 Å². The number of aromatic nitrogens is 5. The number of morpholine rings is 1. The molecule has 0 unspecified atom stereocenters. The molecule has 3 aromatic heterocycles. The molecule has 1 aliphatic heterocycles. The van der Waals surface area contributed by atoms with Crippen LogP contribution in [0.3, 0.4) is 0 Å². The number of hydroxylamine groups is 1. The van der Waals surface area contributed by atoms with Crippen molar-refractivity contribution >= 4 is 24.0 Å². The third-order valence-electron chi connectivity index (χ3n) is 9.20. The highest BCUT2D eigenvalue weighted by Crippen LogP contribution is 2.39. The molecule has 2 amide bonds. The summed E-state index contributed by atoms with van der Waals surface area (Å²) < 4.78 is 15.7. The van der Waals surface area contributed by atoms with Gasteiger partial charge in [-0.1, -0.05) is 62.7 Å². The van der Waals surface area contributed by atoms with Crippen LogP contribution in [0.15, 0.2) is 72.9 Å². The third kappa shape index (κ3) is 6.92. The number of hydrogen-bond donors (Lipinski definition) is 1. The predicted octanol–water partition coefficient (Wildman–Crippen LogP) is 5.61. The maximum absolute atomic E-state index is 14.0. The highest BCUT2D eigenvalue weighted by Gasteiger charge is 2.33. The number of nitrogens with zero attached hydrogens (tertiary/aromatic N) is 7. The first kappa shape index (κ1) is 33.2. The Morgan fingerprint density at radius 1 is 1.02 bits per heavy atom. The zero-order valence-corrected chi connectivity index (χ0v) is 28.8. The Morgan fingerprint density at radius 2 is 1.78 bits per heavy atom. The maximum Gasteiger partial charge on any atom is 0.357 e. The van der Waals surface area contributed by atoms with Crippen molar-refractivity contribution in [2.45, 2.75) is 64.6 Å². The van der Waals surface area contributed by atoms with E-state index in [0.717, 1.165) is 57.7 Å². The van der Waals surface area contributed by atoms with E-state index in [9.17, 15) is 9.59 Å². The number of amides is 2. The van der Waals surface area contributed by atoms with Gasteiger partial charge < -0.3 is 19.6 Å². The number of hydrogen-bond acceptors (Lipinski definition) is 9. The Kier molecular flexibility index (Phi) is 9.25. The number of carbonyl (C=O) groups excluding carboxylic acids is 2. The Hall–Kier alpha value is -5.27. The molecule has 1 fully saturated rings. The number of pyridine rings is 1. The van der Waals surface area contributed by atoms with Crippen molar-refractivity contribution in [3.05, 3.63) is 101 Å². The number of rotatable bonds is 9. The van der Waals surface area contributed by atoms with E-state index < -0.39 is 6.03 Å². The summed E-state index contributed by atoms with van der Waals surface area (Å²) in [5, 5.41) is 17.7. The van der Waals surface area contributed by atoms with E-state index in [2.05, 4.69) is 20.4 Å². The average Bonchev–Trinajstić information content (AvgIpc) is 3.74. The van der Waals surface area contributed by atoms with Crippen LogP contribution in [-0.4, -0.2) is 68.1 Å². The zero-order chi connectivity index (χ0) is 34.8. The second-order valence-electron chi connectivity index (χ2n) is 13.8. The summed E-state index contributed by atoms with van der Waals surface area (Å²) in [6, 6.07) is 20.4. The quantitative estimate of drug-likeness (QED) is 0.156. The molecule has 0 saturated carbocycles. The number of nitrogens with one attached hydrogen (secondary N) is 1. The molecule has 0 bridgehead atoms. The molecule has 1 N–H and O–H groups in total. The van der Waals surface area contributed by atoms with Gasteiger partial charge in [-0.3, -0.25) is 14.1 Å². The van der Waals surface area contributed by atoms with Gasteiger partial charge in [0.25, 0.3) is 0 Å². The molecule has 2 aliphatic rings. The summed E-state index contributed by atoms with van der Waals surface area (Å²) in [4.78, 5) is 33.4. The van der Waals surface area contributed by atoms with Gasteiger partial charge >= 0.3 is 12.5 Å². The minimum absolute atomic E-state index is 0.240. The summed E-state index contributed by atoms with van der Waals surface area (Å²) in [5.41, 5.74) is 4.90. The van der Waals surface area contributed by atoms with Crippen LogP contribution in [0.5, 0.6) is 5.75 Å². The second-order valence-corrected chi connectivity index (χ2v) is 13.8. The van der Waals surface area contributed by atoms with Crippen LogP contribution >= 0.6 is 0 Å². The molecule has 13 nitrogen and oxygen atoms in total. The SMILES string of the molecule is Cc1ccc(-n2nc(C(C)(C)C)cc2N(OC=O)C(=O)N[C@H]2CC[C@@H](Oc3ccc4nnc(CN5CCOCC5)n4c3)c3ccccc32)cc1. The van der Waals surface area contributed by atoms with E-state index in [1.165, 1.54) is 0 Å². The van der Waals surface area contributed by atoms with E-state index in [1.807, 2.05) is 99.0 Å². The first-order chi connectivity index (χ1) is 24.2. The monoisotopic (exact) mass is 678 g/mol. The second kappa shape index (κ2) is 13.9. The molecular weight excluding hydrogens is 636 g/mol. The van der Waals surface area contributed by atoms with E-state index in [-0.39, 0.29) is 24.0 Å². The summed E-state index contributed by atoms with van der Waals surface area (Å²) in [6.07, 6.45) is 2.95. The smallest absolute Gasteiger partial charge is 0.357 e. The number of fused-ring (bicyclic) bond motifs is 2. The van der Waals surface area contributed by atoms with Gasteiger partial charge in [0.1, 0.15) is 11.9 Å². The van der Waals surface area contributed by atoms with E-state index in [4.69, 9.17) is 19.4 Å². The van der Waals surface area contributed by atoms with Gasteiger partial charge in [-0.25, -0.2) is 9.48 Å². The van der Waals surface area contributed by atoms with Crippen LogP contribution in [-0.2, 0) is 26.3 Å². The molecule has 2 atom stereocenters. The van der Waals surface area contributed by atoms with Crippen LogP contribution in [0.1, 0.15) is 74.0 Å². The average molecular weight is 679 g/mol. The van der Waals surface area contributed by atoms with Crippen molar-refractivity contribution < 1.29 is 23.9 Å². The third-order valence-corrected chi connectivity index (χ3v) is 9.20. The van der Waals surface area contributed by atoms with Crippen molar-refractivity contribution in [1.82, 2.24) is 34.6 Å². The lowest BCUT2D eigenvalue weighted by molar-refractivity contribution is -0.129. The normalized spacial score (nSPS) is 18.0. The molecule has 50 heavy (non-hydrogen) atoms. The van der Waals surface area contributed by atoms with Crippen molar-refractivity contribution in [2.75, 3.05) is 31.4 Å².